The number of nitrogens with zero attached hydrogens (tertiary/aromatic N) is 1. The van der Waals surface area contributed by atoms with Crippen LogP contribution in [0.3, 0.4) is 0 Å². The molecular weight excluding hydrogens is 300 g/mol. The summed E-state index contributed by atoms with van der Waals surface area (Å²) < 4.78 is 0. The zero-order valence-electron chi connectivity index (χ0n) is 13.7. The van der Waals surface area contributed by atoms with Gasteiger partial charge in [-0.1, -0.05) is 42.5 Å². The van der Waals surface area contributed by atoms with Crippen molar-refractivity contribution in [2.24, 2.45) is 17.6 Å². The Balaban J connectivity index is 1.46. The average Bonchev–Trinajstić information content (AvgIpc) is 3.41. The van der Waals surface area contributed by atoms with E-state index >= 15 is 0 Å². The van der Waals surface area contributed by atoms with E-state index in [1.54, 1.807) is 0 Å². The number of hydrogen-bond donors (Lipinski definition) is 1. The van der Waals surface area contributed by atoms with Gasteiger partial charge in [0.2, 0.25) is 11.8 Å². The number of primary amides is 1. The third kappa shape index (κ3) is 2.66. The van der Waals surface area contributed by atoms with E-state index in [9.17, 15) is 9.59 Å². The molecule has 0 radical (unpaired) electrons. The van der Waals surface area contributed by atoms with Crippen LogP contribution in [-0.2, 0) is 9.59 Å². The van der Waals surface area contributed by atoms with E-state index in [0.717, 1.165) is 6.42 Å². The molecule has 124 valence electrons. The van der Waals surface area contributed by atoms with Crippen molar-refractivity contribution in [2.45, 2.75) is 25.2 Å². The topological polar surface area (TPSA) is 63.4 Å². The Morgan fingerprint density at radius 3 is 2.46 bits per heavy atom. The molecule has 0 aromatic heterocycles. The van der Waals surface area contributed by atoms with Gasteiger partial charge in [0.25, 0.3) is 0 Å². The van der Waals surface area contributed by atoms with Crippen LogP contribution in [0.1, 0.15) is 30.7 Å². The molecule has 1 saturated heterocycles. The largest absolute Gasteiger partial charge is 0.369 e. The number of nitrogens with two attached hydrogens (primary N) is 1. The van der Waals surface area contributed by atoms with Crippen LogP contribution in [0.2, 0.25) is 0 Å². The molecule has 2 fully saturated rings. The summed E-state index contributed by atoms with van der Waals surface area (Å²) in [6.07, 6.45) is 2.34. The number of piperidine rings is 1. The molecule has 2 aromatic carbocycles. The Bertz CT molecular complexity index is 788. The van der Waals surface area contributed by atoms with Crippen molar-refractivity contribution in [3.05, 3.63) is 48.0 Å². The second-order valence-electron chi connectivity index (χ2n) is 7.02. The Morgan fingerprint density at radius 1 is 1.00 bits per heavy atom. The smallest absolute Gasteiger partial charge is 0.226 e. The first kappa shape index (κ1) is 15.2. The van der Waals surface area contributed by atoms with Crippen LogP contribution in [0, 0.1) is 11.8 Å². The molecule has 0 spiro atoms. The van der Waals surface area contributed by atoms with Crippen LogP contribution in [-0.4, -0.2) is 29.8 Å². The van der Waals surface area contributed by atoms with Gasteiger partial charge in [0.15, 0.2) is 0 Å². The molecule has 1 heterocycles. The van der Waals surface area contributed by atoms with Gasteiger partial charge in [0.05, 0.1) is 0 Å². The van der Waals surface area contributed by atoms with E-state index in [1.807, 2.05) is 11.0 Å². The fourth-order valence-corrected chi connectivity index (χ4v) is 4.00. The van der Waals surface area contributed by atoms with Crippen molar-refractivity contribution in [3.8, 4) is 0 Å². The highest BCUT2D eigenvalue weighted by molar-refractivity contribution is 5.89. The summed E-state index contributed by atoms with van der Waals surface area (Å²) in [6.45, 7) is 1.32. The molecule has 1 saturated carbocycles. The maximum absolute atomic E-state index is 12.8. The van der Waals surface area contributed by atoms with E-state index < -0.39 is 0 Å². The van der Waals surface area contributed by atoms with Gasteiger partial charge in [-0.05, 0) is 41.5 Å². The van der Waals surface area contributed by atoms with Crippen LogP contribution in [0.15, 0.2) is 42.5 Å². The SMILES string of the molecule is NC(=O)C1CCN(C(=O)[C@H]2C[C@H]2c2cccc3ccccc23)CC1. The van der Waals surface area contributed by atoms with Crippen molar-refractivity contribution in [2.75, 3.05) is 13.1 Å². The van der Waals surface area contributed by atoms with E-state index in [2.05, 4.69) is 36.4 Å². The molecule has 2 amide bonds. The highest BCUT2D eigenvalue weighted by Gasteiger charge is 2.46. The normalized spacial score (nSPS) is 24.1. The second kappa shape index (κ2) is 5.93. The molecule has 2 aliphatic rings. The van der Waals surface area contributed by atoms with Gasteiger partial charge in [-0.3, -0.25) is 9.59 Å². The van der Waals surface area contributed by atoms with Crippen LogP contribution in [0.25, 0.3) is 10.8 Å². The summed E-state index contributed by atoms with van der Waals surface area (Å²) >= 11 is 0. The van der Waals surface area contributed by atoms with Crippen LogP contribution < -0.4 is 5.73 Å². The Morgan fingerprint density at radius 2 is 1.71 bits per heavy atom. The molecule has 2 aromatic rings. The molecular formula is C20H22N2O2. The minimum absolute atomic E-state index is 0.0675. The third-order valence-electron chi connectivity index (χ3n) is 5.54. The van der Waals surface area contributed by atoms with Gasteiger partial charge < -0.3 is 10.6 Å². The van der Waals surface area contributed by atoms with Crippen molar-refractivity contribution in [1.29, 1.82) is 0 Å². The third-order valence-corrected chi connectivity index (χ3v) is 5.54. The molecule has 4 heteroatoms. The maximum atomic E-state index is 12.8. The van der Waals surface area contributed by atoms with Gasteiger partial charge in [-0.2, -0.15) is 0 Å². The average molecular weight is 322 g/mol. The predicted molar refractivity (Wildman–Crippen MR) is 93.3 cm³/mol. The van der Waals surface area contributed by atoms with Crippen molar-refractivity contribution < 1.29 is 9.59 Å². The first-order valence-corrected chi connectivity index (χ1v) is 8.71. The molecule has 0 unspecified atom stereocenters. The van der Waals surface area contributed by atoms with Crippen molar-refractivity contribution >= 4 is 22.6 Å². The molecule has 0 bridgehead atoms. The summed E-state index contributed by atoms with van der Waals surface area (Å²) in [6, 6.07) is 14.7. The van der Waals surface area contributed by atoms with E-state index in [0.29, 0.717) is 31.8 Å². The summed E-state index contributed by atoms with van der Waals surface area (Å²) in [5.41, 5.74) is 6.66. The number of rotatable bonds is 3. The molecule has 2 N–H and O–H groups in total. The maximum Gasteiger partial charge on any atom is 0.226 e. The number of carbonyl (C=O) groups excluding carboxylic acids is 2. The lowest BCUT2D eigenvalue weighted by Gasteiger charge is -2.30. The summed E-state index contributed by atoms with van der Waals surface area (Å²) in [7, 11) is 0. The fraction of sp³-hybridized carbons (Fsp3) is 0.400. The van der Waals surface area contributed by atoms with E-state index in [1.165, 1.54) is 16.3 Å². The lowest BCUT2D eigenvalue weighted by atomic mass is 9.95. The second-order valence-corrected chi connectivity index (χ2v) is 7.02. The van der Waals surface area contributed by atoms with Crippen LogP contribution in [0.5, 0.6) is 0 Å². The van der Waals surface area contributed by atoms with Gasteiger partial charge in [-0.15, -0.1) is 0 Å². The monoisotopic (exact) mass is 322 g/mol. The molecule has 2 atom stereocenters. The molecule has 1 aliphatic heterocycles. The Labute approximate surface area is 141 Å². The lowest BCUT2D eigenvalue weighted by molar-refractivity contribution is -0.136. The quantitative estimate of drug-likeness (QED) is 0.944. The highest BCUT2D eigenvalue weighted by atomic mass is 16.2. The number of amides is 2. The zero-order valence-corrected chi connectivity index (χ0v) is 13.7. The number of fused-ring (bicyclic) bond motifs is 1. The van der Waals surface area contributed by atoms with Gasteiger partial charge in [0.1, 0.15) is 0 Å². The van der Waals surface area contributed by atoms with Gasteiger partial charge in [0, 0.05) is 24.9 Å². The number of hydrogen-bond acceptors (Lipinski definition) is 2. The number of benzene rings is 2. The Kier molecular flexibility index (Phi) is 3.75. The van der Waals surface area contributed by atoms with Crippen molar-refractivity contribution in [1.82, 2.24) is 4.90 Å². The first-order valence-electron chi connectivity index (χ1n) is 8.71. The standard InChI is InChI=1S/C20H22N2O2/c21-19(23)14-8-10-22(11-9-14)20(24)18-12-17(18)16-7-3-5-13-4-1-2-6-15(13)16/h1-7,14,17-18H,8-12H2,(H2,21,23)/t17-,18-/m0/s1. The minimum atomic E-state index is -0.234. The predicted octanol–water partition coefficient (Wildman–Crippen LogP) is 2.67. The first-order chi connectivity index (χ1) is 11.6. The molecule has 4 nitrogen and oxygen atoms in total. The summed E-state index contributed by atoms with van der Waals surface area (Å²) in [5, 5.41) is 2.49. The molecule has 24 heavy (non-hydrogen) atoms. The summed E-state index contributed by atoms with van der Waals surface area (Å²) in [5.74, 6) is 0.374. The van der Waals surface area contributed by atoms with Crippen molar-refractivity contribution in [3.63, 3.8) is 0 Å². The van der Waals surface area contributed by atoms with Crippen LogP contribution >= 0.6 is 0 Å². The van der Waals surface area contributed by atoms with E-state index in [4.69, 9.17) is 5.73 Å². The molecule has 4 rings (SSSR count). The zero-order chi connectivity index (χ0) is 16.7. The van der Waals surface area contributed by atoms with Gasteiger partial charge >= 0.3 is 0 Å². The minimum Gasteiger partial charge on any atom is -0.369 e. The number of likely N-dealkylation sites (tertiary alicyclic amines) is 1. The van der Waals surface area contributed by atoms with E-state index in [-0.39, 0.29) is 23.7 Å². The van der Waals surface area contributed by atoms with Gasteiger partial charge in [-0.25, -0.2) is 0 Å². The Hall–Kier alpha value is -2.36. The summed E-state index contributed by atoms with van der Waals surface area (Å²) in [4.78, 5) is 25.9. The fourth-order valence-electron chi connectivity index (χ4n) is 4.00. The highest BCUT2D eigenvalue weighted by Crippen LogP contribution is 2.50. The molecule has 1 aliphatic carbocycles. The number of carbonyl (C=O) groups is 2. The van der Waals surface area contributed by atoms with Crippen LogP contribution in [0.4, 0.5) is 0 Å². The lowest BCUT2D eigenvalue weighted by Crippen LogP contribution is -2.42.